The van der Waals surface area contributed by atoms with Crippen molar-refractivity contribution in [2.24, 2.45) is 0 Å². The van der Waals surface area contributed by atoms with Crippen LogP contribution in [0.5, 0.6) is 17.2 Å². The Morgan fingerprint density at radius 1 is 0.892 bits per heavy atom. The van der Waals surface area contributed by atoms with E-state index in [2.05, 4.69) is 37.4 Å². The van der Waals surface area contributed by atoms with Crippen LogP contribution in [0.4, 0.5) is 0 Å². The normalized spacial score (nSPS) is 11.5. The number of allylic oxidation sites excluding steroid dienone is 1. The summed E-state index contributed by atoms with van der Waals surface area (Å²) in [6.07, 6.45) is 4.06. The molecule has 0 atom stereocenters. The van der Waals surface area contributed by atoms with E-state index in [9.17, 15) is 4.79 Å². The maximum atomic E-state index is 12.7. The largest absolute Gasteiger partial charge is 0.496 e. The number of nitrogens with one attached hydrogen (secondary N) is 1. The van der Waals surface area contributed by atoms with Crippen LogP contribution in [0.25, 0.3) is 27.7 Å². The third kappa shape index (κ3) is 5.64. The highest BCUT2D eigenvalue weighted by Gasteiger charge is 2.16. The molecule has 1 amide bonds. The lowest BCUT2D eigenvalue weighted by Gasteiger charge is -2.11. The molecule has 0 aliphatic rings. The fourth-order valence-corrected chi connectivity index (χ4v) is 4.55. The van der Waals surface area contributed by atoms with E-state index in [0.717, 1.165) is 38.8 Å². The standard InChI is InChI=1S/C31H33NO5/c1-19-7-9-23(20(2)13-19)26-18-37-29-17-28(35-5)24(16-25(26)29)21(3)14-31(33)32-12-11-22-8-10-27(34-4)30(15-22)36-6/h7-10,13-18H,11-12H2,1-6H3,(H,32,33)/b21-14+. The number of ether oxygens (including phenoxy) is 3. The molecule has 0 unspecified atom stereocenters. The summed E-state index contributed by atoms with van der Waals surface area (Å²) in [4.78, 5) is 12.7. The fourth-order valence-electron chi connectivity index (χ4n) is 4.55. The van der Waals surface area contributed by atoms with Gasteiger partial charge in [-0.2, -0.15) is 0 Å². The average Bonchev–Trinajstić information content (AvgIpc) is 3.30. The molecule has 0 aliphatic heterocycles. The van der Waals surface area contributed by atoms with Gasteiger partial charge in [-0.25, -0.2) is 0 Å². The third-order valence-electron chi connectivity index (χ3n) is 6.50. The van der Waals surface area contributed by atoms with Gasteiger partial charge in [-0.05, 0) is 67.7 Å². The van der Waals surface area contributed by atoms with Crippen molar-refractivity contribution in [2.45, 2.75) is 27.2 Å². The summed E-state index contributed by atoms with van der Waals surface area (Å²) >= 11 is 0. The number of hydrogen-bond donors (Lipinski definition) is 1. The topological polar surface area (TPSA) is 69.9 Å². The van der Waals surface area contributed by atoms with Gasteiger partial charge >= 0.3 is 0 Å². The second-order valence-corrected chi connectivity index (χ2v) is 9.07. The van der Waals surface area contributed by atoms with E-state index in [1.54, 1.807) is 33.7 Å². The minimum absolute atomic E-state index is 0.165. The third-order valence-corrected chi connectivity index (χ3v) is 6.50. The second-order valence-electron chi connectivity index (χ2n) is 9.07. The summed E-state index contributed by atoms with van der Waals surface area (Å²) in [5.41, 5.74) is 7.96. The summed E-state index contributed by atoms with van der Waals surface area (Å²) in [6.45, 7) is 6.59. The number of carbonyl (C=O) groups excluding carboxylic acids is 1. The van der Waals surface area contributed by atoms with Gasteiger partial charge in [-0.15, -0.1) is 0 Å². The van der Waals surface area contributed by atoms with E-state index in [1.165, 1.54) is 11.1 Å². The smallest absolute Gasteiger partial charge is 0.244 e. The number of methoxy groups -OCH3 is 3. The van der Waals surface area contributed by atoms with Gasteiger partial charge in [0.15, 0.2) is 11.5 Å². The van der Waals surface area contributed by atoms with Gasteiger partial charge in [0.2, 0.25) is 5.91 Å². The Labute approximate surface area is 217 Å². The number of hydrogen-bond acceptors (Lipinski definition) is 5. The van der Waals surface area contributed by atoms with Gasteiger partial charge in [-0.1, -0.05) is 29.8 Å². The first-order valence-corrected chi connectivity index (χ1v) is 12.2. The lowest BCUT2D eigenvalue weighted by molar-refractivity contribution is -0.116. The van der Waals surface area contributed by atoms with E-state index < -0.39 is 0 Å². The Morgan fingerprint density at radius 3 is 2.35 bits per heavy atom. The van der Waals surface area contributed by atoms with E-state index in [1.807, 2.05) is 37.3 Å². The van der Waals surface area contributed by atoms with Crippen LogP contribution in [0, 0.1) is 13.8 Å². The molecule has 1 heterocycles. The van der Waals surface area contributed by atoms with Crippen LogP contribution >= 0.6 is 0 Å². The van der Waals surface area contributed by atoms with Gasteiger partial charge in [0.05, 0.1) is 27.6 Å². The van der Waals surface area contributed by atoms with Crippen molar-refractivity contribution in [1.29, 1.82) is 0 Å². The minimum atomic E-state index is -0.165. The first-order valence-electron chi connectivity index (χ1n) is 12.2. The Kier molecular flexibility index (Phi) is 7.87. The van der Waals surface area contributed by atoms with Crippen molar-refractivity contribution in [3.63, 3.8) is 0 Å². The first kappa shape index (κ1) is 25.9. The number of amides is 1. The monoisotopic (exact) mass is 499 g/mol. The molecule has 1 aromatic heterocycles. The quantitative estimate of drug-likeness (QED) is 0.266. The molecule has 3 aromatic carbocycles. The molecule has 0 radical (unpaired) electrons. The highest BCUT2D eigenvalue weighted by molar-refractivity contribution is 6.00. The molecule has 192 valence electrons. The molecule has 4 rings (SSSR count). The van der Waals surface area contributed by atoms with Crippen molar-refractivity contribution in [3.8, 4) is 28.4 Å². The molecule has 4 aromatic rings. The van der Waals surface area contributed by atoms with Gasteiger partial charge in [-0.3, -0.25) is 4.79 Å². The molecule has 6 nitrogen and oxygen atoms in total. The van der Waals surface area contributed by atoms with Gasteiger partial charge in [0.25, 0.3) is 0 Å². The molecule has 37 heavy (non-hydrogen) atoms. The van der Waals surface area contributed by atoms with Crippen molar-refractivity contribution >= 4 is 22.4 Å². The van der Waals surface area contributed by atoms with Crippen molar-refractivity contribution in [1.82, 2.24) is 5.32 Å². The maximum Gasteiger partial charge on any atom is 0.244 e. The SMILES string of the molecule is COc1ccc(CCNC(=O)/C=C(\C)c2cc3c(-c4ccc(C)cc4C)coc3cc2OC)cc1OC. The summed E-state index contributed by atoms with van der Waals surface area (Å²) < 4.78 is 22.2. The van der Waals surface area contributed by atoms with Crippen molar-refractivity contribution in [3.05, 3.63) is 83.1 Å². The molecule has 0 aliphatic carbocycles. The molecule has 0 spiro atoms. The second kappa shape index (κ2) is 11.2. The lowest BCUT2D eigenvalue weighted by Crippen LogP contribution is -2.23. The zero-order valence-corrected chi connectivity index (χ0v) is 22.2. The number of carbonyl (C=O) groups is 1. The molecule has 0 bridgehead atoms. The number of rotatable bonds is 9. The molecular weight excluding hydrogens is 466 g/mol. The predicted octanol–water partition coefficient (Wildman–Crippen LogP) is 6.50. The highest BCUT2D eigenvalue weighted by Crippen LogP contribution is 2.38. The van der Waals surface area contributed by atoms with E-state index in [0.29, 0.717) is 30.2 Å². The van der Waals surface area contributed by atoms with Crippen LogP contribution in [0.3, 0.4) is 0 Å². The summed E-state index contributed by atoms with van der Waals surface area (Å²) in [6, 6.07) is 16.0. The highest BCUT2D eigenvalue weighted by atomic mass is 16.5. The van der Waals surface area contributed by atoms with E-state index in [4.69, 9.17) is 18.6 Å². The Morgan fingerprint density at radius 2 is 1.65 bits per heavy atom. The summed E-state index contributed by atoms with van der Waals surface area (Å²) in [5, 5.41) is 3.95. The maximum absolute atomic E-state index is 12.7. The molecule has 0 saturated heterocycles. The zero-order valence-electron chi connectivity index (χ0n) is 22.2. The Bertz CT molecular complexity index is 1460. The Balaban J connectivity index is 1.54. The zero-order chi connectivity index (χ0) is 26.5. The van der Waals surface area contributed by atoms with E-state index in [-0.39, 0.29) is 5.91 Å². The Hall–Kier alpha value is -4.19. The van der Waals surface area contributed by atoms with Gasteiger partial charge in [0, 0.05) is 35.2 Å². The molecule has 6 heteroatoms. The molecule has 0 saturated carbocycles. The van der Waals surface area contributed by atoms with Crippen LogP contribution in [-0.2, 0) is 11.2 Å². The molecule has 0 fully saturated rings. The van der Waals surface area contributed by atoms with Crippen LogP contribution < -0.4 is 19.5 Å². The van der Waals surface area contributed by atoms with E-state index >= 15 is 0 Å². The minimum Gasteiger partial charge on any atom is -0.496 e. The summed E-state index contributed by atoms with van der Waals surface area (Å²) in [7, 11) is 4.84. The van der Waals surface area contributed by atoms with Gasteiger partial charge < -0.3 is 23.9 Å². The van der Waals surface area contributed by atoms with Crippen molar-refractivity contribution in [2.75, 3.05) is 27.9 Å². The summed E-state index contributed by atoms with van der Waals surface area (Å²) in [5.74, 6) is 1.84. The number of fused-ring (bicyclic) bond motifs is 1. The van der Waals surface area contributed by atoms with Crippen LogP contribution in [0.1, 0.15) is 29.2 Å². The predicted molar refractivity (Wildman–Crippen MR) is 148 cm³/mol. The molecule has 1 N–H and O–H groups in total. The average molecular weight is 500 g/mol. The van der Waals surface area contributed by atoms with Crippen LogP contribution in [0.2, 0.25) is 0 Å². The first-order chi connectivity index (χ1) is 17.8. The lowest BCUT2D eigenvalue weighted by atomic mass is 9.96. The molecular formula is C31H33NO5. The van der Waals surface area contributed by atoms with Gasteiger partial charge in [0.1, 0.15) is 11.3 Å². The number of benzene rings is 3. The fraction of sp³-hybridized carbons (Fsp3) is 0.258. The van der Waals surface area contributed by atoms with Crippen molar-refractivity contribution < 1.29 is 23.4 Å². The van der Waals surface area contributed by atoms with Crippen LogP contribution in [0.15, 0.2) is 65.3 Å². The number of furan rings is 1. The number of aryl methyl sites for hydroxylation is 2. The van der Waals surface area contributed by atoms with Crippen LogP contribution in [-0.4, -0.2) is 33.8 Å².